The van der Waals surface area contributed by atoms with Crippen LogP contribution in [0.3, 0.4) is 0 Å². The number of carbonyl (C=O) groups excluding carboxylic acids is 3. The molecule has 0 unspecified atom stereocenters. The molecule has 0 radical (unpaired) electrons. The lowest BCUT2D eigenvalue weighted by Crippen LogP contribution is -2.34. The summed E-state index contributed by atoms with van der Waals surface area (Å²) >= 11 is 11.5. The highest BCUT2D eigenvalue weighted by atomic mass is 127. The second kappa shape index (κ2) is 13.0. The van der Waals surface area contributed by atoms with Crippen LogP contribution < -0.4 is 15.5 Å². The molecular formula is C25H25ClI3N3O9. The van der Waals surface area contributed by atoms with Crippen LogP contribution in [-0.4, -0.2) is 52.4 Å². The molecule has 222 valence electrons. The van der Waals surface area contributed by atoms with Crippen LogP contribution >= 0.6 is 79.4 Å². The normalized spacial score (nSPS) is 17.3. The van der Waals surface area contributed by atoms with Crippen LogP contribution in [0, 0.1) is 10.7 Å². The van der Waals surface area contributed by atoms with Crippen molar-refractivity contribution in [1.29, 1.82) is 0 Å². The first-order chi connectivity index (χ1) is 19.0. The molecule has 0 saturated carbocycles. The van der Waals surface area contributed by atoms with Crippen molar-refractivity contribution < 1.29 is 43.5 Å². The number of ether oxygens (including phenoxy) is 4. The van der Waals surface area contributed by atoms with Gasteiger partial charge < -0.3 is 44.7 Å². The number of benzene rings is 1. The second-order valence-corrected chi connectivity index (χ2v) is 12.9. The Morgan fingerprint density at radius 3 is 1.51 bits per heavy atom. The van der Waals surface area contributed by atoms with Gasteiger partial charge in [-0.1, -0.05) is 0 Å². The number of hydrogen-bond donors (Lipinski definition) is 4. The standard InChI is InChI=1S/C25H25ClI3N3O9/c1-24(2)38-7-11(13(33)9-40-24)30-22(36)16-18(27)17(20(29)21(19(16)28)32(5)15(35)6-26)23(37)31-12-8-39-25(3,4)41-10-14(12)34/h7-10,33-34H,6H2,1-5H3,(H,30,36)(H,31,37). The molecule has 0 aliphatic carbocycles. The molecule has 2 heterocycles. The Kier molecular flexibility index (Phi) is 10.6. The van der Waals surface area contributed by atoms with Crippen molar-refractivity contribution in [2.75, 3.05) is 17.8 Å². The van der Waals surface area contributed by atoms with E-state index in [-0.39, 0.29) is 37.7 Å². The van der Waals surface area contributed by atoms with Crippen molar-refractivity contribution in [1.82, 2.24) is 10.6 Å². The van der Waals surface area contributed by atoms with E-state index in [4.69, 9.17) is 30.5 Å². The number of nitrogens with one attached hydrogen (secondary N) is 2. The second-order valence-electron chi connectivity index (χ2n) is 9.38. The Bertz CT molecular complexity index is 1330. The summed E-state index contributed by atoms with van der Waals surface area (Å²) in [6, 6.07) is 0. The molecule has 0 bridgehead atoms. The van der Waals surface area contributed by atoms with E-state index in [0.717, 1.165) is 25.0 Å². The Morgan fingerprint density at radius 1 is 0.780 bits per heavy atom. The first kappa shape index (κ1) is 33.4. The number of hydrogen-bond acceptors (Lipinski definition) is 9. The number of amides is 3. The number of anilines is 1. The molecule has 0 atom stereocenters. The first-order valence-electron chi connectivity index (χ1n) is 11.6. The van der Waals surface area contributed by atoms with Crippen LogP contribution in [0.15, 0.2) is 48.0 Å². The van der Waals surface area contributed by atoms with E-state index in [9.17, 15) is 24.6 Å². The summed E-state index contributed by atoms with van der Waals surface area (Å²) in [5, 5.41) is 25.9. The number of halogens is 4. The maximum absolute atomic E-state index is 13.7. The molecule has 0 spiro atoms. The molecule has 2 aliphatic rings. The van der Waals surface area contributed by atoms with Gasteiger partial charge in [0.15, 0.2) is 11.5 Å². The topological polar surface area (TPSA) is 156 Å². The summed E-state index contributed by atoms with van der Waals surface area (Å²) in [4.78, 5) is 41.2. The van der Waals surface area contributed by atoms with Crippen molar-refractivity contribution >= 4 is 103 Å². The van der Waals surface area contributed by atoms with Crippen molar-refractivity contribution in [2.24, 2.45) is 0 Å². The predicted octanol–water partition coefficient (Wildman–Crippen LogP) is 5.21. The van der Waals surface area contributed by atoms with Crippen LogP contribution in [0.1, 0.15) is 48.4 Å². The molecule has 41 heavy (non-hydrogen) atoms. The highest BCUT2D eigenvalue weighted by molar-refractivity contribution is 14.1. The maximum atomic E-state index is 13.7. The van der Waals surface area contributed by atoms with Crippen LogP contribution in [0.4, 0.5) is 5.69 Å². The van der Waals surface area contributed by atoms with Gasteiger partial charge in [0.2, 0.25) is 17.5 Å². The third-order valence-electron chi connectivity index (χ3n) is 5.45. The molecule has 1 aromatic carbocycles. The predicted molar refractivity (Wildman–Crippen MR) is 174 cm³/mol. The molecule has 2 aliphatic heterocycles. The average Bonchev–Trinajstić information content (AvgIpc) is 3.10. The number of carbonyl (C=O) groups is 3. The summed E-state index contributed by atoms with van der Waals surface area (Å²) in [5.41, 5.74) is 0.103. The quantitative estimate of drug-likeness (QED) is 0.223. The summed E-state index contributed by atoms with van der Waals surface area (Å²) in [6.07, 6.45) is 4.34. The van der Waals surface area contributed by atoms with Gasteiger partial charge in [0.25, 0.3) is 11.8 Å². The van der Waals surface area contributed by atoms with Crippen molar-refractivity contribution in [3.05, 3.63) is 69.8 Å². The monoisotopic (exact) mass is 927 g/mol. The molecule has 3 rings (SSSR count). The maximum Gasteiger partial charge on any atom is 0.258 e. The van der Waals surface area contributed by atoms with Gasteiger partial charge in [-0.3, -0.25) is 14.4 Å². The number of aliphatic hydroxyl groups excluding tert-OH is 2. The minimum atomic E-state index is -1.11. The lowest BCUT2D eigenvalue weighted by molar-refractivity contribution is -0.142. The molecule has 4 N–H and O–H groups in total. The minimum absolute atomic E-state index is 0.0226. The SMILES string of the molecule is CN(C(=O)CCl)c1c(I)c(C(=O)NC2=COC(C)(C)OC=C2O)c(I)c(C(=O)NC2=COC(C)(C)OC=C2O)c1I. The fraction of sp³-hybridized carbons (Fsp3) is 0.320. The fourth-order valence-corrected chi connectivity index (χ4v) is 8.26. The molecule has 3 amide bonds. The van der Waals surface area contributed by atoms with Crippen LogP contribution in [-0.2, 0) is 23.7 Å². The summed E-state index contributed by atoms with van der Waals surface area (Å²) in [5.74, 6) is -5.30. The van der Waals surface area contributed by atoms with E-state index in [1.54, 1.807) is 27.7 Å². The van der Waals surface area contributed by atoms with Crippen LogP contribution in [0.25, 0.3) is 0 Å². The van der Waals surface area contributed by atoms with Gasteiger partial charge in [-0.05, 0) is 67.8 Å². The zero-order valence-electron chi connectivity index (χ0n) is 22.2. The lowest BCUT2D eigenvalue weighted by Gasteiger charge is -2.25. The third-order valence-corrected chi connectivity index (χ3v) is 8.86. The summed E-state index contributed by atoms with van der Waals surface area (Å²) < 4.78 is 22.5. The van der Waals surface area contributed by atoms with E-state index in [1.807, 2.05) is 67.8 Å². The average molecular weight is 928 g/mol. The van der Waals surface area contributed by atoms with Gasteiger partial charge in [0.1, 0.15) is 42.3 Å². The Balaban J connectivity index is 2.14. The van der Waals surface area contributed by atoms with E-state index in [0.29, 0.717) is 7.14 Å². The zero-order chi connectivity index (χ0) is 30.9. The van der Waals surface area contributed by atoms with Crippen molar-refractivity contribution in [2.45, 2.75) is 39.3 Å². The van der Waals surface area contributed by atoms with Crippen LogP contribution in [0.2, 0.25) is 0 Å². The molecule has 0 aromatic heterocycles. The number of rotatable bonds is 6. The summed E-state index contributed by atoms with van der Waals surface area (Å²) in [6.45, 7) is 6.44. The smallest absolute Gasteiger partial charge is 0.258 e. The van der Waals surface area contributed by atoms with E-state index < -0.39 is 40.8 Å². The van der Waals surface area contributed by atoms with Gasteiger partial charge in [-0.15, -0.1) is 11.6 Å². The third kappa shape index (κ3) is 7.64. The molecule has 12 nitrogen and oxygen atoms in total. The van der Waals surface area contributed by atoms with E-state index >= 15 is 0 Å². The first-order valence-corrected chi connectivity index (χ1v) is 15.3. The van der Waals surface area contributed by atoms with E-state index in [1.165, 1.54) is 11.9 Å². The molecule has 0 saturated heterocycles. The van der Waals surface area contributed by atoms with Gasteiger partial charge in [0, 0.05) is 38.3 Å². The molecule has 1 aromatic rings. The van der Waals surface area contributed by atoms with Gasteiger partial charge >= 0.3 is 0 Å². The van der Waals surface area contributed by atoms with Crippen molar-refractivity contribution in [3.63, 3.8) is 0 Å². The Hall–Kier alpha value is -2.13. The number of aliphatic hydroxyl groups is 2. The van der Waals surface area contributed by atoms with Gasteiger partial charge in [-0.25, -0.2) is 0 Å². The highest BCUT2D eigenvalue weighted by Gasteiger charge is 2.33. The molecular weight excluding hydrogens is 902 g/mol. The van der Waals surface area contributed by atoms with E-state index in [2.05, 4.69) is 10.6 Å². The Labute approximate surface area is 281 Å². The fourth-order valence-electron chi connectivity index (χ4n) is 3.22. The lowest BCUT2D eigenvalue weighted by atomic mass is 10.1. The molecule has 16 heteroatoms. The van der Waals surface area contributed by atoms with Crippen LogP contribution in [0.5, 0.6) is 0 Å². The van der Waals surface area contributed by atoms with Gasteiger partial charge in [-0.2, -0.15) is 0 Å². The Morgan fingerprint density at radius 2 is 1.15 bits per heavy atom. The number of nitrogens with zero attached hydrogens (tertiary/aromatic N) is 1. The molecule has 0 fully saturated rings. The zero-order valence-corrected chi connectivity index (χ0v) is 29.5. The van der Waals surface area contributed by atoms with Crippen molar-refractivity contribution in [3.8, 4) is 0 Å². The minimum Gasteiger partial charge on any atom is -0.503 e. The van der Waals surface area contributed by atoms with Gasteiger partial charge in [0.05, 0.1) is 24.0 Å². The summed E-state index contributed by atoms with van der Waals surface area (Å²) in [7, 11) is 1.46. The highest BCUT2D eigenvalue weighted by Crippen LogP contribution is 2.38. The number of alkyl halides is 1. The largest absolute Gasteiger partial charge is 0.503 e.